The molecular formula is C25H28FN3O2. The van der Waals surface area contributed by atoms with Crippen molar-refractivity contribution >= 4 is 22.7 Å². The molecule has 0 spiro atoms. The molecule has 0 unspecified atom stereocenters. The lowest BCUT2D eigenvalue weighted by molar-refractivity contribution is -0.135. The van der Waals surface area contributed by atoms with Crippen molar-refractivity contribution in [2.75, 3.05) is 13.1 Å². The summed E-state index contributed by atoms with van der Waals surface area (Å²) in [5.41, 5.74) is 3.50. The van der Waals surface area contributed by atoms with E-state index in [1.807, 2.05) is 36.3 Å². The highest BCUT2D eigenvalue weighted by Gasteiger charge is 2.27. The van der Waals surface area contributed by atoms with Gasteiger partial charge in [-0.1, -0.05) is 30.3 Å². The maximum Gasteiger partial charge on any atom is 0.227 e. The Hall–Kier alpha value is -3.15. The molecule has 0 bridgehead atoms. The topological polar surface area (TPSA) is 54.3 Å². The Bertz CT molecular complexity index is 1110. The third-order valence-corrected chi connectivity index (χ3v) is 6.24. The van der Waals surface area contributed by atoms with Crippen LogP contribution in [0.15, 0.2) is 48.7 Å². The SMILES string of the molecule is Cc1ccc(CNC(=O)C2CCN(C(=O)Cc3cn(C)c4ccccc34)CC2)cc1F. The smallest absolute Gasteiger partial charge is 0.227 e. The number of hydrogen-bond donors (Lipinski definition) is 1. The second-order valence-corrected chi connectivity index (χ2v) is 8.42. The van der Waals surface area contributed by atoms with Crippen LogP contribution in [0.2, 0.25) is 0 Å². The molecular weight excluding hydrogens is 393 g/mol. The van der Waals surface area contributed by atoms with Gasteiger partial charge < -0.3 is 14.8 Å². The third kappa shape index (κ3) is 4.63. The zero-order chi connectivity index (χ0) is 22.0. The largest absolute Gasteiger partial charge is 0.352 e. The molecule has 162 valence electrons. The molecule has 2 amide bonds. The Morgan fingerprint density at radius 2 is 1.87 bits per heavy atom. The van der Waals surface area contributed by atoms with Crippen LogP contribution >= 0.6 is 0 Å². The lowest BCUT2D eigenvalue weighted by Crippen LogP contribution is -2.43. The van der Waals surface area contributed by atoms with Crippen molar-refractivity contribution in [1.29, 1.82) is 0 Å². The van der Waals surface area contributed by atoms with Crippen molar-refractivity contribution in [2.24, 2.45) is 13.0 Å². The molecule has 0 atom stereocenters. The number of halogens is 1. The van der Waals surface area contributed by atoms with Gasteiger partial charge in [-0.05, 0) is 48.6 Å². The van der Waals surface area contributed by atoms with E-state index in [0.717, 1.165) is 22.0 Å². The van der Waals surface area contributed by atoms with Gasteiger partial charge in [0.15, 0.2) is 0 Å². The predicted octanol–water partition coefficient (Wildman–Crippen LogP) is 3.72. The van der Waals surface area contributed by atoms with Crippen molar-refractivity contribution in [3.8, 4) is 0 Å². The van der Waals surface area contributed by atoms with E-state index < -0.39 is 0 Å². The van der Waals surface area contributed by atoms with Crippen LogP contribution in [0, 0.1) is 18.7 Å². The van der Waals surface area contributed by atoms with Crippen LogP contribution in [0.4, 0.5) is 4.39 Å². The minimum absolute atomic E-state index is 0.0258. The molecule has 2 heterocycles. The number of benzene rings is 2. The number of nitrogens with zero attached hydrogens (tertiary/aromatic N) is 2. The van der Waals surface area contributed by atoms with Crippen LogP contribution in [0.5, 0.6) is 0 Å². The molecule has 1 aliphatic rings. The van der Waals surface area contributed by atoms with Gasteiger partial charge in [0.05, 0.1) is 6.42 Å². The minimum Gasteiger partial charge on any atom is -0.352 e. The first-order valence-electron chi connectivity index (χ1n) is 10.8. The minimum atomic E-state index is -0.259. The molecule has 6 heteroatoms. The number of amides is 2. The van der Waals surface area contributed by atoms with E-state index in [-0.39, 0.29) is 23.5 Å². The summed E-state index contributed by atoms with van der Waals surface area (Å²) in [5.74, 6) is -0.297. The number of aryl methyl sites for hydroxylation is 2. The fourth-order valence-electron chi connectivity index (χ4n) is 4.31. The second-order valence-electron chi connectivity index (χ2n) is 8.42. The maximum atomic E-state index is 13.7. The first-order valence-corrected chi connectivity index (χ1v) is 10.8. The van der Waals surface area contributed by atoms with Crippen LogP contribution < -0.4 is 5.32 Å². The average molecular weight is 422 g/mol. The van der Waals surface area contributed by atoms with E-state index in [2.05, 4.69) is 22.0 Å². The molecule has 0 radical (unpaired) electrons. The zero-order valence-corrected chi connectivity index (χ0v) is 18.0. The molecule has 0 saturated carbocycles. The molecule has 1 aliphatic heterocycles. The number of carbonyl (C=O) groups excluding carboxylic acids is 2. The normalized spacial score (nSPS) is 14.7. The van der Waals surface area contributed by atoms with E-state index in [1.165, 1.54) is 6.07 Å². The molecule has 4 rings (SSSR count). The number of para-hydroxylation sites is 1. The van der Waals surface area contributed by atoms with E-state index in [1.54, 1.807) is 13.0 Å². The van der Waals surface area contributed by atoms with Gasteiger partial charge in [0, 0.05) is 49.7 Å². The number of rotatable bonds is 5. The van der Waals surface area contributed by atoms with Crippen molar-refractivity contribution in [3.63, 3.8) is 0 Å². The predicted molar refractivity (Wildman–Crippen MR) is 119 cm³/mol. The van der Waals surface area contributed by atoms with E-state index >= 15 is 0 Å². The molecule has 3 aromatic rings. The number of fused-ring (bicyclic) bond motifs is 1. The third-order valence-electron chi connectivity index (χ3n) is 6.24. The van der Waals surface area contributed by atoms with E-state index in [4.69, 9.17) is 0 Å². The Morgan fingerprint density at radius 1 is 1.13 bits per heavy atom. The van der Waals surface area contributed by atoms with Gasteiger partial charge in [-0.3, -0.25) is 9.59 Å². The van der Waals surface area contributed by atoms with Gasteiger partial charge >= 0.3 is 0 Å². The molecule has 1 aromatic heterocycles. The maximum absolute atomic E-state index is 13.7. The summed E-state index contributed by atoms with van der Waals surface area (Å²) in [7, 11) is 1.99. The van der Waals surface area contributed by atoms with Crippen LogP contribution in [0.25, 0.3) is 10.9 Å². The number of likely N-dealkylation sites (tertiary alicyclic amines) is 1. The summed E-state index contributed by atoms with van der Waals surface area (Å²) in [4.78, 5) is 27.2. The Balaban J connectivity index is 1.29. The van der Waals surface area contributed by atoms with Crippen LogP contribution in [0.1, 0.15) is 29.5 Å². The van der Waals surface area contributed by atoms with Crippen LogP contribution in [-0.2, 0) is 29.6 Å². The number of hydrogen-bond acceptors (Lipinski definition) is 2. The lowest BCUT2D eigenvalue weighted by Gasteiger charge is -2.31. The number of nitrogens with one attached hydrogen (secondary N) is 1. The van der Waals surface area contributed by atoms with Crippen molar-refractivity contribution < 1.29 is 14.0 Å². The summed E-state index contributed by atoms with van der Waals surface area (Å²) < 4.78 is 15.7. The summed E-state index contributed by atoms with van der Waals surface area (Å²) in [5, 5.41) is 4.02. The van der Waals surface area contributed by atoms with E-state index in [0.29, 0.717) is 44.5 Å². The average Bonchev–Trinajstić information content (AvgIpc) is 3.10. The summed E-state index contributed by atoms with van der Waals surface area (Å²) in [6, 6.07) is 13.1. The number of carbonyl (C=O) groups is 2. The molecule has 5 nitrogen and oxygen atoms in total. The molecule has 1 N–H and O–H groups in total. The number of aromatic nitrogens is 1. The first-order chi connectivity index (χ1) is 14.9. The van der Waals surface area contributed by atoms with Gasteiger partial charge in [-0.15, -0.1) is 0 Å². The van der Waals surface area contributed by atoms with Crippen molar-refractivity contribution in [1.82, 2.24) is 14.8 Å². The molecule has 2 aromatic carbocycles. The van der Waals surface area contributed by atoms with Crippen LogP contribution in [-0.4, -0.2) is 34.4 Å². The lowest BCUT2D eigenvalue weighted by atomic mass is 9.95. The highest BCUT2D eigenvalue weighted by Crippen LogP contribution is 2.23. The Labute approximate surface area is 181 Å². The highest BCUT2D eigenvalue weighted by atomic mass is 19.1. The van der Waals surface area contributed by atoms with Gasteiger partial charge in [0.1, 0.15) is 5.82 Å². The van der Waals surface area contributed by atoms with Gasteiger partial charge in [0.2, 0.25) is 11.8 Å². The van der Waals surface area contributed by atoms with Crippen LogP contribution in [0.3, 0.4) is 0 Å². The highest BCUT2D eigenvalue weighted by molar-refractivity contribution is 5.89. The van der Waals surface area contributed by atoms with Crippen molar-refractivity contribution in [2.45, 2.75) is 32.7 Å². The summed E-state index contributed by atoms with van der Waals surface area (Å²) >= 11 is 0. The number of piperidine rings is 1. The fourth-order valence-corrected chi connectivity index (χ4v) is 4.31. The monoisotopic (exact) mass is 421 g/mol. The molecule has 1 saturated heterocycles. The van der Waals surface area contributed by atoms with Gasteiger partial charge in [0.25, 0.3) is 0 Å². The zero-order valence-electron chi connectivity index (χ0n) is 18.0. The summed E-state index contributed by atoms with van der Waals surface area (Å²) in [6.45, 7) is 3.20. The molecule has 0 aliphatic carbocycles. The van der Waals surface area contributed by atoms with Crippen molar-refractivity contribution in [3.05, 3.63) is 71.2 Å². The molecule has 31 heavy (non-hydrogen) atoms. The van der Waals surface area contributed by atoms with Gasteiger partial charge in [-0.25, -0.2) is 4.39 Å². The first kappa shape index (κ1) is 21.1. The Morgan fingerprint density at radius 3 is 2.61 bits per heavy atom. The van der Waals surface area contributed by atoms with Gasteiger partial charge in [-0.2, -0.15) is 0 Å². The fraction of sp³-hybridized carbons (Fsp3) is 0.360. The Kier molecular flexibility index (Phi) is 6.07. The quantitative estimate of drug-likeness (QED) is 0.683. The molecule has 1 fully saturated rings. The second kappa shape index (κ2) is 8.92. The van der Waals surface area contributed by atoms with E-state index in [9.17, 15) is 14.0 Å². The summed E-state index contributed by atoms with van der Waals surface area (Å²) in [6.07, 6.45) is 3.69. The standard InChI is InChI=1S/C25H28FN3O2/c1-17-7-8-18(13-22(17)26)15-27-25(31)19-9-11-29(12-10-19)24(30)14-20-16-28(2)23-6-4-3-5-21(20)23/h3-8,13,16,19H,9-12,14-15H2,1-2H3,(H,27,31).